The van der Waals surface area contributed by atoms with E-state index in [0.717, 1.165) is 50.4 Å². The summed E-state index contributed by atoms with van der Waals surface area (Å²) < 4.78 is 5.55. The molecule has 0 radical (unpaired) electrons. The fraction of sp³-hybridized carbons (Fsp3) is 0.619. The molecule has 1 aromatic carbocycles. The van der Waals surface area contributed by atoms with E-state index in [1.807, 2.05) is 24.3 Å². The van der Waals surface area contributed by atoms with Gasteiger partial charge in [0.05, 0.1) is 6.10 Å². The number of nitrogens with zero attached hydrogens (tertiary/aromatic N) is 1. The van der Waals surface area contributed by atoms with Gasteiger partial charge in [-0.25, -0.2) is 0 Å². The maximum absolute atomic E-state index is 12.4. The summed E-state index contributed by atoms with van der Waals surface area (Å²) >= 11 is 0. The highest BCUT2D eigenvalue weighted by Gasteiger charge is 2.16. The average molecular weight is 502 g/mol. The van der Waals surface area contributed by atoms with Crippen LogP contribution in [0.3, 0.4) is 0 Å². The van der Waals surface area contributed by atoms with E-state index in [9.17, 15) is 4.79 Å². The van der Waals surface area contributed by atoms with E-state index in [4.69, 9.17) is 4.74 Å². The number of benzene rings is 1. The smallest absolute Gasteiger partial charge is 0.251 e. The Hall–Kier alpha value is -1.35. The summed E-state index contributed by atoms with van der Waals surface area (Å²) in [4.78, 5) is 16.6. The number of guanidine groups is 1. The number of aliphatic imine (C=N–C) groups is 1. The standard InChI is InChI=1S/C21H34N4O2.HI/c1-4-16(5-2)13-24-21(22-3)25-14-17-8-6-9-18(12-17)20(26)23-15-19-10-7-11-27-19;/h6,8-9,12,16,19H,4-5,7,10-11,13-15H2,1-3H3,(H,23,26)(H2,22,24,25);1H. The van der Waals surface area contributed by atoms with Gasteiger partial charge in [-0.2, -0.15) is 0 Å². The third-order valence-electron chi connectivity index (χ3n) is 5.10. The molecule has 1 unspecified atom stereocenters. The van der Waals surface area contributed by atoms with Gasteiger partial charge < -0.3 is 20.7 Å². The SMILES string of the molecule is CCC(CC)CNC(=NC)NCc1cccc(C(=O)NCC2CCCO2)c1.I. The topological polar surface area (TPSA) is 74.8 Å². The molecule has 0 spiro atoms. The lowest BCUT2D eigenvalue weighted by molar-refractivity contribution is 0.0857. The Balaban J connectivity index is 0.00000392. The minimum atomic E-state index is -0.0522. The van der Waals surface area contributed by atoms with Gasteiger partial charge in [-0.05, 0) is 36.5 Å². The van der Waals surface area contributed by atoms with Gasteiger partial charge in [-0.15, -0.1) is 24.0 Å². The normalized spacial score (nSPS) is 16.6. The van der Waals surface area contributed by atoms with Gasteiger partial charge in [0.25, 0.3) is 5.91 Å². The van der Waals surface area contributed by atoms with Crippen molar-refractivity contribution in [1.29, 1.82) is 0 Å². The fourth-order valence-corrected chi connectivity index (χ4v) is 3.16. The second kappa shape index (κ2) is 13.8. The van der Waals surface area contributed by atoms with Gasteiger partial charge >= 0.3 is 0 Å². The Bertz CT molecular complexity index is 614. The number of hydrogen-bond donors (Lipinski definition) is 3. The zero-order valence-electron chi connectivity index (χ0n) is 17.3. The van der Waals surface area contributed by atoms with Crippen LogP contribution >= 0.6 is 24.0 Å². The van der Waals surface area contributed by atoms with Crippen LogP contribution in [0, 0.1) is 5.92 Å². The number of rotatable bonds is 9. The Labute approximate surface area is 186 Å². The van der Waals surface area contributed by atoms with Gasteiger partial charge in [-0.1, -0.05) is 38.8 Å². The molecule has 3 N–H and O–H groups in total. The summed E-state index contributed by atoms with van der Waals surface area (Å²) in [6.45, 7) is 7.33. The number of hydrogen-bond acceptors (Lipinski definition) is 3. The Kier molecular flexibility index (Phi) is 12.1. The molecule has 1 saturated heterocycles. The molecule has 0 bridgehead atoms. The van der Waals surface area contributed by atoms with E-state index in [0.29, 0.717) is 24.6 Å². The maximum atomic E-state index is 12.4. The van der Waals surface area contributed by atoms with Crippen molar-refractivity contribution in [2.45, 2.75) is 52.2 Å². The predicted molar refractivity (Wildman–Crippen MR) is 125 cm³/mol. The van der Waals surface area contributed by atoms with Crippen molar-refractivity contribution in [3.05, 3.63) is 35.4 Å². The minimum absolute atomic E-state index is 0. The molecule has 1 fully saturated rings. The van der Waals surface area contributed by atoms with Gasteiger partial charge in [0.2, 0.25) is 0 Å². The molecule has 1 amide bonds. The molecule has 1 aliphatic rings. The zero-order valence-corrected chi connectivity index (χ0v) is 19.6. The molecular formula is C21H35IN4O2. The van der Waals surface area contributed by atoms with Gasteiger partial charge in [0, 0.05) is 38.9 Å². The van der Waals surface area contributed by atoms with Crippen molar-refractivity contribution in [3.63, 3.8) is 0 Å². The largest absolute Gasteiger partial charge is 0.376 e. The highest BCUT2D eigenvalue weighted by molar-refractivity contribution is 14.0. The van der Waals surface area contributed by atoms with Gasteiger partial charge in [0.15, 0.2) is 5.96 Å². The predicted octanol–water partition coefficient (Wildman–Crippen LogP) is 3.31. The molecule has 0 saturated carbocycles. The molecule has 0 aliphatic carbocycles. The van der Waals surface area contributed by atoms with Crippen molar-refractivity contribution in [2.75, 3.05) is 26.7 Å². The highest BCUT2D eigenvalue weighted by Crippen LogP contribution is 2.11. The van der Waals surface area contributed by atoms with E-state index in [-0.39, 0.29) is 36.0 Å². The highest BCUT2D eigenvalue weighted by atomic mass is 127. The number of carbonyl (C=O) groups excluding carboxylic acids is 1. The van der Waals surface area contributed by atoms with Crippen molar-refractivity contribution in [1.82, 2.24) is 16.0 Å². The number of carbonyl (C=O) groups is 1. The van der Waals surface area contributed by atoms with Crippen molar-refractivity contribution >= 4 is 35.8 Å². The summed E-state index contributed by atoms with van der Waals surface area (Å²) in [5.41, 5.74) is 1.72. The third-order valence-corrected chi connectivity index (χ3v) is 5.10. The van der Waals surface area contributed by atoms with Crippen LogP contribution in [0.25, 0.3) is 0 Å². The van der Waals surface area contributed by atoms with Crippen LogP contribution < -0.4 is 16.0 Å². The summed E-state index contributed by atoms with van der Waals surface area (Å²) in [6, 6.07) is 7.69. The molecular weight excluding hydrogens is 467 g/mol. The Morgan fingerprint density at radius 2 is 2.04 bits per heavy atom. The number of halogens is 1. The number of nitrogens with one attached hydrogen (secondary N) is 3. The average Bonchev–Trinajstić information content (AvgIpc) is 3.23. The first-order chi connectivity index (χ1) is 13.2. The molecule has 1 aromatic rings. The monoisotopic (exact) mass is 502 g/mol. The lowest BCUT2D eigenvalue weighted by Crippen LogP contribution is -2.39. The molecule has 2 rings (SSSR count). The van der Waals surface area contributed by atoms with Crippen LogP contribution in [0.2, 0.25) is 0 Å². The zero-order chi connectivity index (χ0) is 19.5. The Morgan fingerprint density at radius 1 is 1.25 bits per heavy atom. The van der Waals surface area contributed by atoms with Crippen LogP contribution in [-0.2, 0) is 11.3 Å². The van der Waals surface area contributed by atoms with Crippen LogP contribution in [0.5, 0.6) is 0 Å². The van der Waals surface area contributed by atoms with Crippen LogP contribution in [0.4, 0.5) is 0 Å². The van der Waals surface area contributed by atoms with E-state index in [2.05, 4.69) is 34.8 Å². The van der Waals surface area contributed by atoms with E-state index in [1.165, 1.54) is 0 Å². The van der Waals surface area contributed by atoms with Crippen LogP contribution in [0.1, 0.15) is 55.5 Å². The second-order valence-electron chi connectivity index (χ2n) is 7.03. The molecule has 1 atom stereocenters. The first-order valence-corrected chi connectivity index (χ1v) is 10.1. The maximum Gasteiger partial charge on any atom is 0.251 e. The van der Waals surface area contributed by atoms with Gasteiger partial charge in [0.1, 0.15) is 0 Å². The summed E-state index contributed by atoms with van der Waals surface area (Å²) in [5, 5.41) is 9.66. The molecule has 1 aliphatic heterocycles. The second-order valence-corrected chi connectivity index (χ2v) is 7.03. The van der Waals surface area contributed by atoms with Crippen molar-refractivity contribution in [2.24, 2.45) is 10.9 Å². The lowest BCUT2D eigenvalue weighted by Gasteiger charge is -2.17. The molecule has 6 nitrogen and oxygen atoms in total. The third kappa shape index (κ3) is 8.34. The van der Waals surface area contributed by atoms with E-state index >= 15 is 0 Å². The molecule has 7 heteroatoms. The Morgan fingerprint density at radius 3 is 2.68 bits per heavy atom. The van der Waals surface area contributed by atoms with Crippen molar-refractivity contribution < 1.29 is 9.53 Å². The molecule has 1 heterocycles. The van der Waals surface area contributed by atoms with E-state index in [1.54, 1.807) is 7.05 Å². The minimum Gasteiger partial charge on any atom is -0.376 e. The number of ether oxygens (including phenoxy) is 1. The van der Waals surface area contributed by atoms with Crippen LogP contribution in [0.15, 0.2) is 29.3 Å². The lowest BCUT2D eigenvalue weighted by atomic mass is 10.0. The summed E-state index contributed by atoms with van der Waals surface area (Å²) in [5.74, 6) is 1.39. The summed E-state index contributed by atoms with van der Waals surface area (Å²) in [7, 11) is 1.77. The first-order valence-electron chi connectivity index (χ1n) is 10.1. The molecule has 0 aromatic heterocycles. The quantitative estimate of drug-likeness (QED) is 0.275. The van der Waals surface area contributed by atoms with E-state index < -0.39 is 0 Å². The first kappa shape index (κ1) is 24.7. The fourth-order valence-electron chi connectivity index (χ4n) is 3.16. The van der Waals surface area contributed by atoms with Crippen LogP contribution in [-0.4, -0.2) is 44.7 Å². The van der Waals surface area contributed by atoms with Gasteiger partial charge in [-0.3, -0.25) is 9.79 Å². The molecule has 158 valence electrons. The van der Waals surface area contributed by atoms with Crippen molar-refractivity contribution in [3.8, 4) is 0 Å². The summed E-state index contributed by atoms with van der Waals surface area (Å²) in [6.07, 6.45) is 4.57. The molecule has 28 heavy (non-hydrogen) atoms. The number of amides is 1.